The molecule has 0 aliphatic heterocycles. The van der Waals surface area contributed by atoms with Crippen molar-refractivity contribution in [2.45, 2.75) is 13.8 Å². The Morgan fingerprint density at radius 2 is 1.78 bits per heavy atom. The van der Waals surface area contributed by atoms with Crippen molar-refractivity contribution in [3.63, 3.8) is 0 Å². The first-order valence-electron chi connectivity index (χ1n) is 5.96. The summed E-state index contributed by atoms with van der Waals surface area (Å²) >= 11 is 0. The van der Waals surface area contributed by atoms with Crippen molar-refractivity contribution in [2.75, 3.05) is 12.3 Å². The first-order chi connectivity index (χ1) is 8.70. The maximum absolute atomic E-state index is 6.01. The zero-order valence-corrected chi connectivity index (χ0v) is 10.6. The molecule has 0 spiro atoms. The van der Waals surface area contributed by atoms with E-state index in [9.17, 15) is 0 Å². The normalized spacial score (nSPS) is 10.1. The van der Waals surface area contributed by atoms with Crippen LogP contribution in [-0.4, -0.2) is 6.61 Å². The molecule has 0 saturated heterocycles. The van der Waals surface area contributed by atoms with Crippen LogP contribution in [0.4, 0.5) is 5.69 Å². The largest absolute Gasteiger partial charge is 0.492 e. The minimum absolute atomic E-state index is 0.529. The molecule has 0 fully saturated rings. The van der Waals surface area contributed by atoms with Crippen LogP contribution >= 0.6 is 0 Å². The molecule has 3 nitrogen and oxygen atoms in total. The molecule has 0 unspecified atom stereocenters. The average Bonchev–Trinajstić information content (AvgIpc) is 2.35. The molecule has 0 heterocycles. The minimum Gasteiger partial charge on any atom is -0.492 e. The lowest BCUT2D eigenvalue weighted by molar-refractivity contribution is 0.340. The molecule has 0 saturated carbocycles. The molecule has 94 valence electrons. The molecule has 18 heavy (non-hydrogen) atoms. The lowest BCUT2D eigenvalue weighted by Gasteiger charge is -2.12. The van der Waals surface area contributed by atoms with Crippen LogP contribution in [0.1, 0.15) is 12.5 Å². The third kappa shape index (κ3) is 2.74. The zero-order valence-electron chi connectivity index (χ0n) is 10.6. The van der Waals surface area contributed by atoms with E-state index in [-0.39, 0.29) is 0 Å². The predicted octanol–water partition coefficient (Wildman–Crippen LogP) is 3.77. The number of para-hydroxylation sites is 1. The number of hydrogen-bond donors (Lipinski definition) is 1. The van der Waals surface area contributed by atoms with E-state index < -0.39 is 0 Å². The van der Waals surface area contributed by atoms with Crippen molar-refractivity contribution in [3.8, 4) is 17.2 Å². The first-order valence-corrected chi connectivity index (χ1v) is 5.96. The highest BCUT2D eigenvalue weighted by Crippen LogP contribution is 2.34. The van der Waals surface area contributed by atoms with Crippen LogP contribution < -0.4 is 15.2 Å². The summed E-state index contributed by atoms with van der Waals surface area (Å²) in [6.45, 7) is 4.53. The van der Waals surface area contributed by atoms with Gasteiger partial charge >= 0.3 is 0 Å². The molecule has 2 rings (SSSR count). The van der Waals surface area contributed by atoms with Crippen LogP contribution in [0.3, 0.4) is 0 Å². The number of aryl methyl sites for hydroxylation is 1. The topological polar surface area (TPSA) is 44.5 Å². The van der Waals surface area contributed by atoms with Crippen molar-refractivity contribution in [1.82, 2.24) is 0 Å². The minimum atomic E-state index is 0.529. The predicted molar refractivity (Wildman–Crippen MR) is 73.3 cm³/mol. The van der Waals surface area contributed by atoms with Gasteiger partial charge in [-0.1, -0.05) is 18.2 Å². The number of hydrogen-bond acceptors (Lipinski definition) is 3. The van der Waals surface area contributed by atoms with E-state index in [1.807, 2.05) is 56.3 Å². The van der Waals surface area contributed by atoms with Gasteiger partial charge in [-0.3, -0.25) is 0 Å². The first kappa shape index (κ1) is 12.3. The summed E-state index contributed by atoms with van der Waals surface area (Å²) in [6, 6.07) is 13.4. The molecular weight excluding hydrogens is 226 g/mol. The molecule has 0 aromatic heterocycles. The summed E-state index contributed by atoms with van der Waals surface area (Å²) < 4.78 is 11.2. The fourth-order valence-corrected chi connectivity index (χ4v) is 1.70. The van der Waals surface area contributed by atoms with Gasteiger partial charge in [-0.2, -0.15) is 0 Å². The average molecular weight is 243 g/mol. The van der Waals surface area contributed by atoms with Gasteiger partial charge in [0.2, 0.25) is 0 Å². The quantitative estimate of drug-likeness (QED) is 0.831. The summed E-state index contributed by atoms with van der Waals surface area (Å²) in [4.78, 5) is 0. The summed E-state index contributed by atoms with van der Waals surface area (Å²) in [5.74, 6) is 2.05. The Morgan fingerprint density at radius 3 is 2.50 bits per heavy atom. The lowest BCUT2D eigenvalue weighted by atomic mass is 10.2. The Bertz CT molecular complexity index is 538. The van der Waals surface area contributed by atoms with Crippen molar-refractivity contribution in [1.29, 1.82) is 0 Å². The second-order valence-corrected chi connectivity index (χ2v) is 4.02. The standard InChI is InChI=1S/C15H17NO2/c1-3-17-13-8-5-9-14(15(13)16)18-12-7-4-6-11(2)10-12/h4-10H,3,16H2,1-2H3. The van der Waals surface area contributed by atoms with E-state index in [1.54, 1.807) is 0 Å². The highest BCUT2D eigenvalue weighted by atomic mass is 16.5. The summed E-state index contributed by atoms with van der Waals surface area (Å²) in [5.41, 5.74) is 7.68. The number of nitrogen functional groups attached to an aromatic ring is 1. The van der Waals surface area contributed by atoms with E-state index >= 15 is 0 Å². The van der Waals surface area contributed by atoms with Crippen molar-refractivity contribution < 1.29 is 9.47 Å². The summed E-state index contributed by atoms with van der Waals surface area (Å²) in [5, 5.41) is 0. The van der Waals surface area contributed by atoms with Gasteiger partial charge in [-0.15, -0.1) is 0 Å². The Kier molecular flexibility index (Phi) is 3.72. The second-order valence-electron chi connectivity index (χ2n) is 4.02. The number of anilines is 1. The molecule has 0 aliphatic rings. The number of benzene rings is 2. The lowest BCUT2D eigenvalue weighted by Crippen LogP contribution is -1.99. The highest BCUT2D eigenvalue weighted by Gasteiger charge is 2.07. The molecular formula is C15H17NO2. The van der Waals surface area contributed by atoms with Crippen LogP contribution in [0.15, 0.2) is 42.5 Å². The maximum Gasteiger partial charge on any atom is 0.154 e. The van der Waals surface area contributed by atoms with Crippen molar-refractivity contribution in [3.05, 3.63) is 48.0 Å². The molecule has 3 heteroatoms. The van der Waals surface area contributed by atoms with E-state index in [4.69, 9.17) is 15.2 Å². The van der Waals surface area contributed by atoms with Gasteiger partial charge in [0, 0.05) is 0 Å². The smallest absolute Gasteiger partial charge is 0.154 e. The van der Waals surface area contributed by atoms with Crippen molar-refractivity contribution in [2.24, 2.45) is 0 Å². The van der Waals surface area contributed by atoms with E-state index in [1.165, 1.54) is 0 Å². The maximum atomic E-state index is 6.01. The monoisotopic (exact) mass is 243 g/mol. The molecule has 2 N–H and O–H groups in total. The van der Waals surface area contributed by atoms with Gasteiger partial charge in [0.15, 0.2) is 5.75 Å². The van der Waals surface area contributed by atoms with Crippen LogP contribution in [0.25, 0.3) is 0 Å². The van der Waals surface area contributed by atoms with Crippen LogP contribution in [-0.2, 0) is 0 Å². The van der Waals surface area contributed by atoms with Gasteiger partial charge in [-0.05, 0) is 43.7 Å². The summed E-state index contributed by atoms with van der Waals surface area (Å²) in [7, 11) is 0. The van der Waals surface area contributed by atoms with E-state index in [0.29, 0.717) is 23.8 Å². The number of nitrogens with two attached hydrogens (primary N) is 1. The Morgan fingerprint density at radius 1 is 1.06 bits per heavy atom. The highest BCUT2D eigenvalue weighted by molar-refractivity contribution is 5.63. The van der Waals surface area contributed by atoms with Gasteiger partial charge in [-0.25, -0.2) is 0 Å². The third-order valence-corrected chi connectivity index (χ3v) is 2.54. The summed E-state index contributed by atoms with van der Waals surface area (Å²) in [6.07, 6.45) is 0. The Hall–Kier alpha value is -2.16. The fourth-order valence-electron chi connectivity index (χ4n) is 1.70. The molecule has 2 aromatic rings. The molecule has 0 radical (unpaired) electrons. The second kappa shape index (κ2) is 5.45. The van der Waals surface area contributed by atoms with Gasteiger partial charge in [0.05, 0.1) is 6.61 Å². The van der Waals surface area contributed by atoms with Crippen molar-refractivity contribution >= 4 is 5.69 Å². The van der Waals surface area contributed by atoms with Crippen LogP contribution in [0.2, 0.25) is 0 Å². The van der Waals surface area contributed by atoms with E-state index in [2.05, 4.69) is 0 Å². The van der Waals surface area contributed by atoms with Gasteiger partial charge < -0.3 is 15.2 Å². The third-order valence-electron chi connectivity index (χ3n) is 2.54. The Balaban J connectivity index is 2.26. The molecule has 0 aliphatic carbocycles. The fraction of sp³-hybridized carbons (Fsp3) is 0.200. The number of rotatable bonds is 4. The van der Waals surface area contributed by atoms with E-state index in [0.717, 1.165) is 11.3 Å². The van der Waals surface area contributed by atoms with Crippen LogP contribution in [0.5, 0.6) is 17.2 Å². The SMILES string of the molecule is CCOc1cccc(Oc2cccc(C)c2)c1N. The van der Waals surface area contributed by atoms with Gasteiger partial charge in [0.25, 0.3) is 0 Å². The van der Waals surface area contributed by atoms with Gasteiger partial charge in [0.1, 0.15) is 17.2 Å². The Labute approximate surface area is 107 Å². The number of ether oxygens (including phenoxy) is 2. The molecule has 0 amide bonds. The molecule has 0 bridgehead atoms. The molecule has 2 aromatic carbocycles. The van der Waals surface area contributed by atoms with Crippen LogP contribution in [0, 0.1) is 6.92 Å². The zero-order chi connectivity index (χ0) is 13.0. The molecule has 0 atom stereocenters.